The Kier molecular flexibility index (Phi) is 3.25. The third-order valence-corrected chi connectivity index (χ3v) is 3.18. The molecular weight excluding hydrogens is 198 g/mol. The summed E-state index contributed by atoms with van der Waals surface area (Å²) in [7, 11) is 0. The predicted octanol–water partition coefficient (Wildman–Crippen LogP) is 2.84. The highest BCUT2D eigenvalue weighted by Crippen LogP contribution is 2.24. The Morgan fingerprint density at radius 3 is 1.75 bits per heavy atom. The van der Waals surface area contributed by atoms with Gasteiger partial charge in [0, 0.05) is 5.56 Å². The third-order valence-electron chi connectivity index (χ3n) is 3.18. The zero-order valence-corrected chi connectivity index (χ0v) is 11.1. The minimum absolute atomic E-state index is 0.0225. The zero-order valence-electron chi connectivity index (χ0n) is 11.1. The molecule has 2 nitrogen and oxygen atoms in total. The number of hydrogen-bond donors (Lipinski definition) is 1. The molecule has 1 rings (SSSR count). The van der Waals surface area contributed by atoms with Crippen molar-refractivity contribution >= 4 is 5.78 Å². The van der Waals surface area contributed by atoms with Gasteiger partial charge < -0.3 is 5.73 Å². The molecule has 0 atom stereocenters. The van der Waals surface area contributed by atoms with Crippen LogP contribution in [0.2, 0.25) is 0 Å². The molecule has 2 N–H and O–H groups in total. The Morgan fingerprint density at radius 1 is 1.06 bits per heavy atom. The normalized spacial score (nSPS) is 11.7. The third kappa shape index (κ3) is 2.17. The van der Waals surface area contributed by atoms with Gasteiger partial charge in [-0.15, -0.1) is 0 Å². The van der Waals surface area contributed by atoms with Crippen LogP contribution in [0.4, 0.5) is 0 Å². The predicted molar refractivity (Wildman–Crippen MR) is 68.0 cm³/mol. The van der Waals surface area contributed by atoms with Crippen LogP contribution in [0.3, 0.4) is 0 Å². The molecule has 0 saturated carbocycles. The van der Waals surface area contributed by atoms with Gasteiger partial charge in [0.05, 0.1) is 5.54 Å². The molecule has 0 aliphatic carbocycles. The lowest BCUT2D eigenvalue weighted by molar-refractivity contribution is 0.0912. The molecule has 1 aromatic carbocycles. The van der Waals surface area contributed by atoms with Gasteiger partial charge in [-0.25, -0.2) is 0 Å². The fourth-order valence-electron chi connectivity index (χ4n) is 1.88. The second-order valence-electron chi connectivity index (χ2n) is 5.19. The summed E-state index contributed by atoms with van der Waals surface area (Å²) in [6.45, 7) is 11.5. The van der Waals surface area contributed by atoms with E-state index in [1.54, 1.807) is 13.8 Å². The summed E-state index contributed by atoms with van der Waals surface area (Å²) in [5, 5.41) is 0. The molecule has 0 bridgehead atoms. The fourth-order valence-corrected chi connectivity index (χ4v) is 1.88. The Balaban J connectivity index is 3.50. The van der Waals surface area contributed by atoms with Crippen molar-refractivity contribution in [2.75, 3.05) is 0 Å². The van der Waals surface area contributed by atoms with E-state index >= 15 is 0 Å². The van der Waals surface area contributed by atoms with E-state index < -0.39 is 5.54 Å². The Morgan fingerprint density at radius 2 is 1.44 bits per heavy atom. The highest BCUT2D eigenvalue weighted by Gasteiger charge is 2.27. The van der Waals surface area contributed by atoms with Gasteiger partial charge in [0.15, 0.2) is 5.78 Å². The first-order valence-corrected chi connectivity index (χ1v) is 5.57. The number of aryl methyl sites for hydroxylation is 2. The van der Waals surface area contributed by atoms with Crippen LogP contribution in [0.1, 0.15) is 46.5 Å². The van der Waals surface area contributed by atoms with Crippen LogP contribution in [-0.2, 0) is 0 Å². The molecule has 0 radical (unpaired) electrons. The van der Waals surface area contributed by atoms with Gasteiger partial charge in [-0.2, -0.15) is 0 Å². The van der Waals surface area contributed by atoms with E-state index in [9.17, 15) is 4.79 Å². The first-order chi connectivity index (χ1) is 7.16. The van der Waals surface area contributed by atoms with E-state index in [-0.39, 0.29) is 5.78 Å². The topological polar surface area (TPSA) is 43.1 Å². The summed E-state index contributed by atoms with van der Waals surface area (Å²) >= 11 is 0. The van der Waals surface area contributed by atoms with Crippen molar-refractivity contribution in [1.82, 2.24) is 0 Å². The van der Waals surface area contributed by atoms with Crippen LogP contribution in [0.5, 0.6) is 0 Å². The maximum atomic E-state index is 12.3. The number of carbonyl (C=O) groups excluding carboxylic acids is 1. The average molecular weight is 219 g/mol. The highest BCUT2D eigenvalue weighted by atomic mass is 16.1. The number of ketones is 1. The van der Waals surface area contributed by atoms with Gasteiger partial charge in [0.25, 0.3) is 0 Å². The summed E-state index contributed by atoms with van der Waals surface area (Å²) < 4.78 is 0. The quantitative estimate of drug-likeness (QED) is 0.777. The fraction of sp³-hybridized carbons (Fsp3) is 0.500. The molecule has 0 saturated heterocycles. The molecule has 16 heavy (non-hydrogen) atoms. The van der Waals surface area contributed by atoms with Crippen LogP contribution >= 0.6 is 0 Å². The van der Waals surface area contributed by atoms with Crippen LogP contribution in [-0.4, -0.2) is 11.3 Å². The number of benzene rings is 1. The molecule has 0 unspecified atom stereocenters. The molecule has 1 aromatic rings. The van der Waals surface area contributed by atoms with Crippen molar-refractivity contribution in [3.8, 4) is 0 Å². The summed E-state index contributed by atoms with van der Waals surface area (Å²) in [5.74, 6) is 0.0225. The van der Waals surface area contributed by atoms with Crippen LogP contribution < -0.4 is 5.73 Å². The SMILES string of the molecule is Cc1cc(C)c(C)c(C(=O)C(C)(C)N)c1C. The number of hydrogen-bond acceptors (Lipinski definition) is 2. The molecule has 0 aliphatic heterocycles. The van der Waals surface area contributed by atoms with Crippen molar-refractivity contribution in [2.24, 2.45) is 5.73 Å². The first-order valence-electron chi connectivity index (χ1n) is 5.57. The van der Waals surface area contributed by atoms with Crippen LogP contribution in [0.25, 0.3) is 0 Å². The number of carbonyl (C=O) groups is 1. The van der Waals surface area contributed by atoms with Gasteiger partial charge in [-0.05, 0) is 63.8 Å². The number of nitrogens with two attached hydrogens (primary N) is 1. The molecule has 0 fully saturated rings. The van der Waals surface area contributed by atoms with Gasteiger partial charge in [-0.1, -0.05) is 6.07 Å². The van der Waals surface area contributed by atoms with Gasteiger partial charge in [-0.3, -0.25) is 4.79 Å². The Hall–Kier alpha value is -1.15. The molecule has 0 heterocycles. The molecule has 0 amide bonds. The summed E-state index contributed by atoms with van der Waals surface area (Å²) in [4.78, 5) is 12.3. The van der Waals surface area contributed by atoms with E-state index in [0.717, 1.165) is 27.8 Å². The Bertz CT molecular complexity index is 413. The largest absolute Gasteiger partial charge is 0.319 e. The van der Waals surface area contributed by atoms with Crippen molar-refractivity contribution in [3.05, 3.63) is 33.9 Å². The van der Waals surface area contributed by atoms with Crippen molar-refractivity contribution in [2.45, 2.75) is 47.1 Å². The van der Waals surface area contributed by atoms with E-state index in [4.69, 9.17) is 5.73 Å². The molecule has 0 aliphatic rings. The van der Waals surface area contributed by atoms with Gasteiger partial charge in [0.1, 0.15) is 0 Å². The Labute approximate surface area is 97.9 Å². The van der Waals surface area contributed by atoms with Gasteiger partial charge >= 0.3 is 0 Å². The van der Waals surface area contributed by atoms with E-state index in [2.05, 4.69) is 6.07 Å². The van der Waals surface area contributed by atoms with Crippen molar-refractivity contribution < 1.29 is 4.79 Å². The van der Waals surface area contributed by atoms with Crippen LogP contribution in [0.15, 0.2) is 6.07 Å². The van der Waals surface area contributed by atoms with Crippen molar-refractivity contribution in [3.63, 3.8) is 0 Å². The summed E-state index contributed by atoms with van der Waals surface area (Å²) in [5.41, 5.74) is 10.3. The number of Topliss-reactive ketones (excluding diaryl/α,β-unsaturated/α-hetero) is 1. The molecule has 88 valence electrons. The lowest BCUT2D eigenvalue weighted by atomic mass is 9.85. The zero-order chi connectivity index (χ0) is 12.7. The minimum Gasteiger partial charge on any atom is -0.319 e. The maximum absolute atomic E-state index is 12.3. The van der Waals surface area contributed by atoms with E-state index in [1.807, 2.05) is 27.7 Å². The van der Waals surface area contributed by atoms with Gasteiger partial charge in [0.2, 0.25) is 0 Å². The lowest BCUT2D eigenvalue weighted by Crippen LogP contribution is -2.42. The second kappa shape index (κ2) is 4.02. The molecule has 0 spiro atoms. The molecule has 2 heteroatoms. The lowest BCUT2D eigenvalue weighted by Gasteiger charge is -2.22. The molecule has 0 aromatic heterocycles. The molecular formula is C14H21NO. The second-order valence-corrected chi connectivity index (χ2v) is 5.19. The average Bonchev–Trinajstić information content (AvgIpc) is 2.13. The maximum Gasteiger partial charge on any atom is 0.182 e. The monoisotopic (exact) mass is 219 g/mol. The first kappa shape index (κ1) is 12.9. The highest BCUT2D eigenvalue weighted by molar-refractivity contribution is 6.05. The van der Waals surface area contributed by atoms with Crippen molar-refractivity contribution in [1.29, 1.82) is 0 Å². The summed E-state index contributed by atoms with van der Waals surface area (Å²) in [6, 6.07) is 2.12. The number of rotatable bonds is 2. The van der Waals surface area contributed by atoms with E-state index in [0.29, 0.717) is 0 Å². The summed E-state index contributed by atoms with van der Waals surface area (Å²) in [6.07, 6.45) is 0. The smallest absolute Gasteiger partial charge is 0.182 e. The van der Waals surface area contributed by atoms with Crippen LogP contribution in [0, 0.1) is 27.7 Å². The minimum atomic E-state index is -0.810. The standard InChI is InChI=1S/C14H21NO/c1-8-7-9(2)11(4)12(10(8)3)13(16)14(5,6)15/h7H,15H2,1-6H3. The van der Waals surface area contributed by atoms with E-state index in [1.165, 1.54) is 0 Å².